The zero-order valence-electron chi connectivity index (χ0n) is 19.1. The first-order valence-corrected chi connectivity index (χ1v) is 11.6. The van der Waals surface area contributed by atoms with Gasteiger partial charge in [0.1, 0.15) is 5.56 Å². The Balaban J connectivity index is 1.35. The number of nitrogens with zero attached hydrogens (tertiary/aromatic N) is 2. The summed E-state index contributed by atoms with van der Waals surface area (Å²) in [4.78, 5) is 41.3. The molecule has 1 aliphatic rings. The van der Waals surface area contributed by atoms with E-state index in [1.54, 1.807) is 23.2 Å². The molecule has 5 nitrogen and oxygen atoms in total. The highest BCUT2D eigenvalue weighted by molar-refractivity contribution is 6.00. The van der Waals surface area contributed by atoms with E-state index in [4.69, 9.17) is 0 Å². The highest BCUT2D eigenvalue weighted by atomic mass is 16.2. The number of benzene rings is 3. The molecule has 170 valence electrons. The molecule has 0 aliphatic carbocycles. The molecule has 1 fully saturated rings. The average molecular weight is 451 g/mol. The molecule has 0 radical (unpaired) electrons. The van der Waals surface area contributed by atoms with Crippen LogP contribution in [0, 0.1) is 5.92 Å². The molecule has 34 heavy (non-hydrogen) atoms. The zero-order valence-corrected chi connectivity index (χ0v) is 19.1. The quantitative estimate of drug-likeness (QED) is 0.414. The molecule has 5 rings (SSSR count). The first-order chi connectivity index (χ1) is 16.5. The fraction of sp³-hybridized carbons (Fsp3) is 0.207. The van der Waals surface area contributed by atoms with Gasteiger partial charge in [-0.1, -0.05) is 66.7 Å². The first kappa shape index (κ1) is 21.8. The minimum Gasteiger partial charge on any atom is -0.350 e. The van der Waals surface area contributed by atoms with E-state index in [2.05, 4.69) is 0 Å². The Morgan fingerprint density at radius 2 is 1.53 bits per heavy atom. The van der Waals surface area contributed by atoms with E-state index in [1.807, 2.05) is 78.3 Å². The van der Waals surface area contributed by atoms with E-state index < -0.39 is 0 Å². The molecule has 0 N–H and O–H groups in total. The molecule has 0 spiro atoms. The number of rotatable bonds is 4. The molecule has 2 heterocycles. The summed E-state index contributed by atoms with van der Waals surface area (Å²) in [6.45, 7) is 0.875. The van der Waals surface area contributed by atoms with Crippen molar-refractivity contribution in [1.29, 1.82) is 0 Å². The molecule has 1 aromatic heterocycles. The second-order valence-electron chi connectivity index (χ2n) is 8.90. The van der Waals surface area contributed by atoms with E-state index >= 15 is 0 Å². The second kappa shape index (κ2) is 9.10. The maximum Gasteiger partial charge on any atom is 0.259 e. The van der Waals surface area contributed by atoms with Crippen LogP contribution in [0.1, 0.15) is 33.6 Å². The van der Waals surface area contributed by atoms with Crippen molar-refractivity contribution in [2.24, 2.45) is 13.0 Å². The molecule has 0 saturated carbocycles. The first-order valence-electron chi connectivity index (χ1n) is 11.6. The molecule has 5 heteroatoms. The molecular weight excluding hydrogens is 424 g/mol. The van der Waals surface area contributed by atoms with Gasteiger partial charge in [0, 0.05) is 43.2 Å². The molecule has 1 aliphatic heterocycles. The van der Waals surface area contributed by atoms with Gasteiger partial charge in [0.15, 0.2) is 5.78 Å². The van der Waals surface area contributed by atoms with Crippen LogP contribution in [-0.4, -0.2) is 34.2 Å². The lowest BCUT2D eigenvalue weighted by Crippen LogP contribution is -2.43. The van der Waals surface area contributed by atoms with E-state index in [0.29, 0.717) is 24.0 Å². The third-order valence-electron chi connectivity index (χ3n) is 6.68. The van der Waals surface area contributed by atoms with Crippen molar-refractivity contribution in [3.63, 3.8) is 0 Å². The van der Waals surface area contributed by atoms with Gasteiger partial charge >= 0.3 is 0 Å². The summed E-state index contributed by atoms with van der Waals surface area (Å²) in [7, 11) is 1.83. The molecular formula is C29H26N2O3. The van der Waals surface area contributed by atoms with Crippen molar-refractivity contribution in [3.8, 4) is 11.1 Å². The predicted octanol–water partition coefficient (Wildman–Crippen LogP) is 4.94. The summed E-state index contributed by atoms with van der Waals surface area (Å²) < 4.78 is 1.81. The van der Waals surface area contributed by atoms with Crippen LogP contribution in [0.4, 0.5) is 0 Å². The minimum atomic E-state index is -0.303. The smallest absolute Gasteiger partial charge is 0.259 e. The number of piperidine rings is 1. The van der Waals surface area contributed by atoms with Crippen LogP contribution >= 0.6 is 0 Å². The standard InChI is InChI=1S/C29H26N2O3/c1-30-19-25(28(33)24-11-5-6-12-26(24)30)29(34)31-17-7-10-23(18-31)27(32)22-15-13-21(14-16-22)20-8-3-2-4-9-20/h2-6,8-9,11-16,19,23H,7,10,17-18H2,1H3/t23-/m1/s1. The monoisotopic (exact) mass is 450 g/mol. The fourth-order valence-corrected chi connectivity index (χ4v) is 4.83. The summed E-state index contributed by atoms with van der Waals surface area (Å²) in [5.74, 6) is -0.531. The number of likely N-dealkylation sites (tertiary alicyclic amines) is 1. The summed E-state index contributed by atoms with van der Waals surface area (Å²) in [6.07, 6.45) is 3.08. The average Bonchev–Trinajstić information content (AvgIpc) is 2.90. The van der Waals surface area contributed by atoms with Crippen LogP contribution in [0.25, 0.3) is 22.0 Å². The molecule has 1 saturated heterocycles. The second-order valence-corrected chi connectivity index (χ2v) is 8.90. The van der Waals surface area contributed by atoms with Gasteiger partial charge < -0.3 is 9.47 Å². The highest BCUT2D eigenvalue weighted by Gasteiger charge is 2.30. The van der Waals surface area contributed by atoms with Crippen molar-refractivity contribution < 1.29 is 9.59 Å². The normalized spacial score (nSPS) is 15.9. The van der Waals surface area contributed by atoms with E-state index in [-0.39, 0.29) is 28.6 Å². The molecule has 4 aromatic rings. The maximum absolute atomic E-state index is 13.3. The minimum absolute atomic E-state index is 0.0449. The van der Waals surface area contributed by atoms with Gasteiger partial charge in [-0.05, 0) is 36.1 Å². The van der Waals surface area contributed by atoms with Gasteiger partial charge in [0.05, 0.1) is 5.52 Å². The number of aromatic nitrogens is 1. The van der Waals surface area contributed by atoms with Crippen molar-refractivity contribution in [2.75, 3.05) is 13.1 Å². The number of carbonyl (C=O) groups is 2. The van der Waals surface area contributed by atoms with Crippen LogP contribution < -0.4 is 5.43 Å². The van der Waals surface area contributed by atoms with Crippen LogP contribution in [-0.2, 0) is 7.05 Å². The number of para-hydroxylation sites is 1. The number of amides is 1. The van der Waals surface area contributed by atoms with E-state index in [0.717, 1.165) is 29.5 Å². The summed E-state index contributed by atoms with van der Waals surface area (Å²) in [6, 6.07) is 25.0. The lowest BCUT2D eigenvalue weighted by molar-refractivity contribution is 0.0635. The van der Waals surface area contributed by atoms with Gasteiger partial charge in [-0.25, -0.2) is 0 Å². The predicted molar refractivity (Wildman–Crippen MR) is 134 cm³/mol. The van der Waals surface area contributed by atoms with Gasteiger partial charge in [-0.3, -0.25) is 14.4 Å². The number of fused-ring (bicyclic) bond motifs is 1. The van der Waals surface area contributed by atoms with Crippen LogP contribution in [0.5, 0.6) is 0 Å². The summed E-state index contributed by atoms with van der Waals surface area (Å²) >= 11 is 0. The molecule has 0 unspecified atom stereocenters. The number of pyridine rings is 1. The van der Waals surface area contributed by atoms with Crippen LogP contribution in [0.15, 0.2) is 89.9 Å². The fourth-order valence-electron chi connectivity index (χ4n) is 4.83. The van der Waals surface area contributed by atoms with Crippen LogP contribution in [0.2, 0.25) is 0 Å². The topological polar surface area (TPSA) is 59.4 Å². The largest absolute Gasteiger partial charge is 0.350 e. The number of hydrogen-bond donors (Lipinski definition) is 0. The molecule has 1 atom stereocenters. The zero-order chi connectivity index (χ0) is 23.7. The number of ketones is 1. The highest BCUT2D eigenvalue weighted by Crippen LogP contribution is 2.25. The molecule has 0 bridgehead atoms. The van der Waals surface area contributed by atoms with Crippen molar-refractivity contribution in [3.05, 3.63) is 106 Å². The van der Waals surface area contributed by atoms with Crippen LogP contribution in [0.3, 0.4) is 0 Å². The maximum atomic E-state index is 13.3. The number of aryl methyl sites for hydroxylation is 1. The lowest BCUT2D eigenvalue weighted by atomic mass is 9.89. The third kappa shape index (κ3) is 4.05. The number of hydrogen-bond acceptors (Lipinski definition) is 3. The Morgan fingerprint density at radius 3 is 2.29 bits per heavy atom. The Hall–Kier alpha value is -3.99. The third-order valence-corrected chi connectivity index (χ3v) is 6.68. The van der Waals surface area contributed by atoms with Gasteiger partial charge in [0.25, 0.3) is 5.91 Å². The SMILES string of the molecule is Cn1cc(C(=O)N2CCC[C@@H](C(=O)c3ccc(-c4ccccc4)cc3)C2)c(=O)c2ccccc21. The molecule has 3 aromatic carbocycles. The van der Waals surface area contributed by atoms with E-state index in [9.17, 15) is 14.4 Å². The van der Waals surface area contributed by atoms with Gasteiger partial charge in [-0.15, -0.1) is 0 Å². The van der Waals surface area contributed by atoms with Gasteiger partial charge in [0.2, 0.25) is 5.43 Å². The Kier molecular flexibility index (Phi) is 5.84. The van der Waals surface area contributed by atoms with Crippen molar-refractivity contribution >= 4 is 22.6 Å². The lowest BCUT2D eigenvalue weighted by Gasteiger charge is -2.32. The Morgan fingerprint density at radius 1 is 0.853 bits per heavy atom. The van der Waals surface area contributed by atoms with Crippen molar-refractivity contribution in [2.45, 2.75) is 12.8 Å². The Bertz CT molecular complexity index is 1420. The van der Waals surface area contributed by atoms with Gasteiger partial charge in [-0.2, -0.15) is 0 Å². The Labute approximate surface area is 198 Å². The molecule has 1 amide bonds. The summed E-state index contributed by atoms with van der Waals surface area (Å²) in [5.41, 5.74) is 3.50. The van der Waals surface area contributed by atoms with E-state index in [1.165, 1.54) is 0 Å². The number of carbonyl (C=O) groups excluding carboxylic acids is 2. The van der Waals surface area contributed by atoms with Crippen molar-refractivity contribution in [1.82, 2.24) is 9.47 Å². The number of Topliss-reactive ketones (excluding diaryl/α,β-unsaturated/α-hetero) is 1. The summed E-state index contributed by atoms with van der Waals surface area (Å²) in [5, 5.41) is 0.527.